The number of aromatic amines is 1. The molecule has 3 aliphatic rings. The van der Waals surface area contributed by atoms with Crippen molar-refractivity contribution >= 4 is 11.5 Å². The zero-order valence-corrected chi connectivity index (χ0v) is 26.0. The number of ether oxygens (including phenoxy) is 2. The SMILES string of the molecule is CCC(CCCC1(C)Oc2c(C)c3c(c(C4=CCCCC4)c2O1)CCN(Cc1c(C)cc(C)[nH]c1=O)C3=O)N(C)C. The minimum atomic E-state index is -0.763. The Bertz CT molecular complexity index is 1420. The highest BCUT2D eigenvalue weighted by Crippen LogP contribution is 2.53. The van der Waals surface area contributed by atoms with Crippen LogP contribution < -0.4 is 15.0 Å². The molecule has 7 heteroatoms. The Hall–Kier alpha value is -3.06. The lowest BCUT2D eigenvalue weighted by Gasteiger charge is -2.32. The van der Waals surface area contributed by atoms with E-state index >= 15 is 0 Å². The molecule has 1 N–H and O–H groups in total. The maximum Gasteiger partial charge on any atom is 0.254 e. The number of aryl methyl sites for hydroxylation is 2. The van der Waals surface area contributed by atoms with Gasteiger partial charge < -0.3 is 24.3 Å². The minimum absolute atomic E-state index is 0.0300. The molecule has 41 heavy (non-hydrogen) atoms. The van der Waals surface area contributed by atoms with Crippen molar-refractivity contribution < 1.29 is 14.3 Å². The quantitative estimate of drug-likeness (QED) is 0.381. The van der Waals surface area contributed by atoms with Crippen LogP contribution in [0, 0.1) is 20.8 Å². The van der Waals surface area contributed by atoms with E-state index in [1.807, 2.05) is 38.7 Å². The molecule has 0 bridgehead atoms. The van der Waals surface area contributed by atoms with Crippen molar-refractivity contribution in [3.63, 3.8) is 0 Å². The molecule has 1 aromatic carbocycles. The number of carbonyl (C=O) groups excluding carboxylic acids is 1. The van der Waals surface area contributed by atoms with Gasteiger partial charge in [0.25, 0.3) is 11.5 Å². The lowest BCUT2D eigenvalue weighted by molar-refractivity contribution is -0.0707. The lowest BCUT2D eigenvalue weighted by atomic mass is 9.83. The summed E-state index contributed by atoms with van der Waals surface area (Å²) in [6.45, 7) is 11.0. The van der Waals surface area contributed by atoms with E-state index in [4.69, 9.17) is 9.47 Å². The van der Waals surface area contributed by atoms with E-state index in [1.165, 1.54) is 12.0 Å². The third-order valence-electron chi connectivity index (χ3n) is 9.35. The number of rotatable bonds is 9. The predicted octanol–water partition coefficient (Wildman–Crippen LogP) is 6.45. The highest BCUT2D eigenvalue weighted by Gasteiger charge is 2.43. The first kappa shape index (κ1) is 29.4. The molecule has 2 unspecified atom stereocenters. The number of H-pyrrole nitrogens is 1. The fourth-order valence-corrected chi connectivity index (χ4v) is 7.02. The number of amides is 1. The molecule has 0 saturated heterocycles. The van der Waals surface area contributed by atoms with Crippen molar-refractivity contribution in [2.24, 2.45) is 0 Å². The van der Waals surface area contributed by atoms with Gasteiger partial charge in [-0.25, -0.2) is 0 Å². The van der Waals surface area contributed by atoms with Crippen LogP contribution in [0.4, 0.5) is 0 Å². The molecular weight excluding hydrogens is 514 g/mol. The number of carbonyl (C=O) groups is 1. The minimum Gasteiger partial charge on any atom is -0.448 e. The van der Waals surface area contributed by atoms with Crippen LogP contribution in [0.25, 0.3) is 5.57 Å². The molecular formula is C34H47N3O4. The molecule has 5 rings (SSSR count). The van der Waals surface area contributed by atoms with Crippen LogP contribution in [0.3, 0.4) is 0 Å². The molecule has 2 atom stereocenters. The van der Waals surface area contributed by atoms with Crippen molar-refractivity contribution in [2.45, 2.75) is 111 Å². The summed E-state index contributed by atoms with van der Waals surface area (Å²) in [5.74, 6) is 0.744. The highest BCUT2D eigenvalue weighted by molar-refractivity contribution is 6.01. The molecule has 0 fully saturated rings. The number of pyridine rings is 1. The van der Waals surface area contributed by atoms with Crippen LogP contribution in [0.2, 0.25) is 0 Å². The van der Waals surface area contributed by atoms with E-state index in [-0.39, 0.29) is 11.5 Å². The first-order chi connectivity index (χ1) is 19.5. The third kappa shape index (κ3) is 5.70. The maximum absolute atomic E-state index is 14.2. The van der Waals surface area contributed by atoms with Crippen molar-refractivity contribution in [3.8, 4) is 11.5 Å². The van der Waals surface area contributed by atoms with Gasteiger partial charge in [0.15, 0.2) is 11.5 Å². The molecule has 1 aliphatic carbocycles. The molecule has 1 amide bonds. The summed E-state index contributed by atoms with van der Waals surface area (Å²) in [5, 5.41) is 0. The number of nitrogens with one attached hydrogen (secondary N) is 1. The number of hydrogen-bond donors (Lipinski definition) is 1. The molecule has 0 spiro atoms. The van der Waals surface area contributed by atoms with Crippen LogP contribution in [0.15, 0.2) is 16.9 Å². The average molecular weight is 562 g/mol. The summed E-state index contributed by atoms with van der Waals surface area (Å²) in [6.07, 6.45) is 11.4. The number of benzene rings is 1. The Kier molecular flexibility index (Phi) is 8.38. The van der Waals surface area contributed by atoms with Crippen molar-refractivity contribution in [2.75, 3.05) is 20.6 Å². The van der Waals surface area contributed by atoms with E-state index in [1.54, 1.807) is 0 Å². The fraction of sp³-hybridized carbons (Fsp3) is 0.588. The normalized spacial score (nSPS) is 20.8. The fourth-order valence-electron chi connectivity index (χ4n) is 7.02. The van der Waals surface area contributed by atoms with Crippen molar-refractivity contribution in [3.05, 3.63) is 61.6 Å². The molecule has 2 aliphatic heterocycles. The van der Waals surface area contributed by atoms with Crippen LogP contribution in [0.5, 0.6) is 11.5 Å². The zero-order chi connectivity index (χ0) is 29.5. The summed E-state index contributed by atoms with van der Waals surface area (Å²) < 4.78 is 13.4. The van der Waals surface area contributed by atoms with Gasteiger partial charge in [-0.1, -0.05) is 13.0 Å². The monoisotopic (exact) mass is 561 g/mol. The summed E-state index contributed by atoms with van der Waals surface area (Å²) in [5.41, 5.74) is 7.29. The van der Waals surface area contributed by atoms with E-state index in [9.17, 15) is 9.59 Å². The van der Waals surface area contributed by atoms with Crippen LogP contribution in [0.1, 0.15) is 109 Å². The molecule has 0 radical (unpaired) electrons. The smallest absolute Gasteiger partial charge is 0.254 e. The van der Waals surface area contributed by atoms with Crippen molar-refractivity contribution in [1.82, 2.24) is 14.8 Å². The second-order valence-electron chi connectivity index (χ2n) is 12.7. The van der Waals surface area contributed by atoms with Gasteiger partial charge in [0.1, 0.15) is 0 Å². The molecule has 222 valence electrons. The Morgan fingerprint density at radius 3 is 2.49 bits per heavy atom. The van der Waals surface area contributed by atoms with Gasteiger partial charge in [-0.3, -0.25) is 9.59 Å². The molecule has 3 heterocycles. The third-order valence-corrected chi connectivity index (χ3v) is 9.35. The molecule has 1 aromatic heterocycles. The number of aromatic nitrogens is 1. The Morgan fingerprint density at radius 1 is 1.07 bits per heavy atom. The van der Waals surface area contributed by atoms with E-state index in [0.717, 1.165) is 90.6 Å². The molecule has 7 nitrogen and oxygen atoms in total. The summed E-state index contributed by atoms with van der Waals surface area (Å²) in [4.78, 5) is 34.0. The first-order valence-corrected chi connectivity index (χ1v) is 15.4. The largest absolute Gasteiger partial charge is 0.448 e. The predicted molar refractivity (Wildman–Crippen MR) is 164 cm³/mol. The van der Waals surface area contributed by atoms with Gasteiger partial charge in [0.2, 0.25) is 5.79 Å². The summed E-state index contributed by atoms with van der Waals surface area (Å²) in [6, 6.07) is 2.51. The maximum atomic E-state index is 14.2. The number of fused-ring (bicyclic) bond motifs is 2. The molecule has 0 saturated carbocycles. The second-order valence-corrected chi connectivity index (χ2v) is 12.7. The van der Waals surface area contributed by atoms with Gasteiger partial charge in [0.05, 0.1) is 12.1 Å². The first-order valence-electron chi connectivity index (χ1n) is 15.4. The highest BCUT2D eigenvalue weighted by atomic mass is 16.7. The van der Waals surface area contributed by atoms with Gasteiger partial charge in [-0.15, -0.1) is 0 Å². The average Bonchev–Trinajstić information content (AvgIpc) is 3.27. The number of nitrogens with zero attached hydrogens (tertiary/aromatic N) is 2. The summed E-state index contributed by atoms with van der Waals surface area (Å²) in [7, 11) is 4.28. The van der Waals surface area contributed by atoms with Crippen molar-refractivity contribution in [1.29, 1.82) is 0 Å². The number of hydrogen-bond acceptors (Lipinski definition) is 5. The topological polar surface area (TPSA) is 74.9 Å². The van der Waals surface area contributed by atoms with E-state index < -0.39 is 5.79 Å². The van der Waals surface area contributed by atoms with Gasteiger partial charge >= 0.3 is 0 Å². The Balaban J connectivity index is 1.50. The molecule has 2 aromatic rings. The zero-order valence-electron chi connectivity index (χ0n) is 26.0. The summed E-state index contributed by atoms with van der Waals surface area (Å²) >= 11 is 0. The lowest BCUT2D eigenvalue weighted by Crippen LogP contribution is -2.39. The van der Waals surface area contributed by atoms with E-state index in [0.29, 0.717) is 30.4 Å². The van der Waals surface area contributed by atoms with Gasteiger partial charge in [-0.2, -0.15) is 0 Å². The Morgan fingerprint density at radius 2 is 1.83 bits per heavy atom. The second kappa shape index (κ2) is 11.7. The van der Waals surface area contributed by atoms with Gasteiger partial charge in [0, 0.05) is 48.3 Å². The van der Waals surface area contributed by atoms with Crippen LogP contribution in [-0.2, 0) is 13.0 Å². The van der Waals surface area contributed by atoms with Crippen LogP contribution in [-0.4, -0.2) is 53.2 Å². The standard InChI is InChI=1S/C34H47N3O4/c1-8-25(36(6)7)15-12-17-34(5)40-30-23(4)28-26(29(31(30)41-34)24-13-10-9-11-14-24)16-18-37(33(28)39)20-27-21(2)19-22(3)35-32(27)38/h13,19,25H,8-12,14-18,20H2,1-7H3,(H,35,38). The van der Waals surface area contributed by atoms with Gasteiger partial charge in [-0.05, 0) is 109 Å². The number of allylic oxidation sites excluding steroid dienone is 2. The van der Waals surface area contributed by atoms with E-state index in [2.05, 4.69) is 37.0 Å². The Labute approximate surface area is 244 Å². The van der Waals surface area contributed by atoms with Crippen LogP contribution >= 0.6 is 0 Å².